The van der Waals surface area contributed by atoms with E-state index in [2.05, 4.69) is 0 Å². The number of hydrogen-bond donors (Lipinski definition) is 1. The maximum Gasteiger partial charge on any atom is 0.192 e. The molecule has 2 rings (SSSR count). The molecular formula is C28H41NO4. The topological polar surface area (TPSA) is 83.8 Å². The number of ketones is 3. The highest BCUT2D eigenvalue weighted by Crippen LogP contribution is 2.41. The van der Waals surface area contributed by atoms with Gasteiger partial charge in [-0.25, -0.2) is 0 Å². The minimum Gasteiger partial charge on any atom is -0.374 e. The van der Waals surface area contributed by atoms with Gasteiger partial charge in [-0.15, -0.1) is 0 Å². The normalized spacial score (nSPS) is 23.9. The van der Waals surface area contributed by atoms with Gasteiger partial charge in [-0.2, -0.15) is 0 Å². The largest absolute Gasteiger partial charge is 0.374 e. The quantitative estimate of drug-likeness (QED) is 0.345. The predicted molar refractivity (Wildman–Crippen MR) is 132 cm³/mol. The molecule has 33 heavy (non-hydrogen) atoms. The van der Waals surface area contributed by atoms with E-state index < -0.39 is 29.0 Å². The van der Waals surface area contributed by atoms with Crippen LogP contribution in [0.15, 0.2) is 35.3 Å². The molecule has 0 saturated heterocycles. The standard InChI is InChI=1S/C28H41NO4/c1-18(2)12-14-22-26(31)25(27(32)28(22,33)24(30)15-13-19(3)4)23(16-20(5)6)29-17-21-10-8-7-9-11-21/h7-11,18-20,22,25,33H,12-17H2,1-6H3. The first-order valence-corrected chi connectivity index (χ1v) is 12.4. The summed E-state index contributed by atoms with van der Waals surface area (Å²) in [5.41, 5.74) is -0.766. The molecule has 0 heterocycles. The molecule has 1 saturated carbocycles. The Hall–Kier alpha value is -2.14. The molecule has 1 fully saturated rings. The highest BCUT2D eigenvalue weighted by Gasteiger charge is 2.63. The molecule has 0 radical (unpaired) electrons. The Balaban J connectivity index is 2.45. The van der Waals surface area contributed by atoms with Gasteiger partial charge < -0.3 is 5.11 Å². The van der Waals surface area contributed by atoms with Crippen molar-refractivity contribution in [3.05, 3.63) is 35.9 Å². The Bertz CT molecular complexity index is 856. The highest BCUT2D eigenvalue weighted by molar-refractivity contribution is 6.34. The fourth-order valence-electron chi connectivity index (χ4n) is 4.51. The third-order valence-electron chi connectivity index (χ3n) is 6.43. The van der Waals surface area contributed by atoms with Crippen LogP contribution in [0.2, 0.25) is 0 Å². The number of aliphatic hydroxyl groups is 1. The van der Waals surface area contributed by atoms with Gasteiger partial charge >= 0.3 is 0 Å². The van der Waals surface area contributed by atoms with Crippen molar-refractivity contribution in [3.8, 4) is 0 Å². The summed E-state index contributed by atoms with van der Waals surface area (Å²) in [6, 6.07) is 9.67. The molecule has 5 nitrogen and oxygen atoms in total. The second kappa shape index (κ2) is 11.8. The minimum absolute atomic E-state index is 0.0960. The lowest BCUT2D eigenvalue weighted by Gasteiger charge is -2.26. The fourth-order valence-corrected chi connectivity index (χ4v) is 4.51. The van der Waals surface area contributed by atoms with Gasteiger partial charge in [0.2, 0.25) is 0 Å². The lowest BCUT2D eigenvalue weighted by molar-refractivity contribution is -0.154. The second-order valence-corrected chi connectivity index (χ2v) is 10.7. The molecule has 182 valence electrons. The maximum atomic E-state index is 13.6. The van der Waals surface area contributed by atoms with Crippen molar-refractivity contribution < 1.29 is 19.5 Å². The van der Waals surface area contributed by atoms with Gasteiger partial charge in [0.1, 0.15) is 5.92 Å². The average Bonchev–Trinajstić information content (AvgIpc) is 2.94. The lowest BCUT2D eigenvalue weighted by atomic mass is 9.79. The highest BCUT2D eigenvalue weighted by atomic mass is 16.3. The Labute approximate surface area is 199 Å². The molecule has 3 atom stereocenters. The van der Waals surface area contributed by atoms with Gasteiger partial charge in [0.05, 0.1) is 12.5 Å². The van der Waals surface area contributed by atoms with Crippen molar-refractivity contribution in [2.45, 2.75) is 85.8 Å². The summed E-state index contributed by atoms with van der Waals surface area (Å²) in [5, 5.41) is 11.5. The average molecular weight is 456 g/mol. The first-order chi connectivity index (χ1) is 15.5. The molecular weight excluding hydrogens is 414 g/mol. The van der Waals surface area contributed by atoms with Crippen molar-refractivity contribution in [1.82, 2.24) is 0 Å². The summed E-state index contributed by atoms with van der Waals surface area (Å²) in [6.45, 7) is 12.4. The molecule has 0 bridgehead atoms. The van der Waals surface area contributed by atoms with Crippen molar-refractivity contribution >= 4 is 23.1 Å². The van der Waals surface area contributed by atoms with Crippen LogP contribution in [-0.4, -0.2) is 33.8 Å². The van der Waals surface area contributed by atoms with Crippen molar-refractivity contribution in [2.24, 2.45) is 34.6 Å². The first-order valence-electron chi connectivity index (χ1n) is 12.4. The lowest BCUT2D eigenvalue weighted by Crippen LogP contribution is -2.50. The first kappa shape index (κ1) is 27.1. The number of rotatable bonds is 12. The third kappa shape index (κ3) is 6.69. The fraction of sp³-hybridized carbons (Fsp3) is 0.643. The molecule has 0 aromatic heterocycles. The molecule has 3 unspecified atom stereocenters. The monoisotopic (exact) mass is 455 g/mol. The SMILES string of the molecule is CC(C)CCC(=O)C1(O)C(=O)C(C(CC(C)C)=NCc2ccccc2)C(=O)C1CCC(C)C. The van der Waals surface area contributed by atoms with E-state index in [1.807, 2.05) is 71.9 Å². The molecule has 5 heteroatoms. The van der Waals surface area contributed by atoms with E-state index in [0.717, 1.165) is 5.56 Å². The molecule has 1 aromatic rings. The predicted octanol–water partition coefficient (Wildman–Crippen LogP) is 5.23. The molecule has 1 aliphatic carbocycles. The molecule has 0 amide bonds. The maximum absolute atomic E-state index is 13.6. The minimum atomic E-state index is -2.24. The summed E-state index contributed by atoms with van der Waals surface area (Å²) in [7, 11) is 0. The van der Waals surface area contributed by atoms with Crippen LogP contribution in [0.3, 0.4) is 0 Å². The van der Waals surface area contributed by atoms with Gasteiger partial charge in [-0.1, -0.05) is 78.3 Å². The van der Waals surface area contributed by atoms with Crippen LogP contribution in [0.5, 0.6) is 0 Å². The zero-order valence-electron chi connectivity index (χ0n) is 21.1. The number of benzene rings is 1. The van der Waals surface area contributed by atoms with Crippen LogP contribution in [-0.2, 0) is 20.9 Å². The van der Waals surface area contributed by atoms with Crippen LogP contribution in [0.25, 0.3) is 0 Å². The Morgan fingerprint density at radius 2 is 1.58 bits per heavy atom. The summed E-state index contributed by atoms with van der Waals surface area (Å²) < 4.78 is 0. The number of carbonyl (C=O) groups is 3. The number of carbonyl (C=O) groups excluding carboxylic acids is 3. The Morgan fingerprint density at radius 1 is 0.970 bits per heavy atom. The molecule has 0 aliphatic heterocycles. The molecule has 0 spiro atoms. The van der Waals surface area contributed by atoms with Crippen LogP contribution in [0.1, 0.15) is 79.2 Å². The van der Waals surface area contributed by atoms with Crippen molar-refractivity contribution in [1.29, 1.82) is 0 Å². The molecule has 1 aromatic carbocycles. The van der Waals surface area contributed by atoms with E-state index in [0.29, 0.717) is 43.9 Å². The molecule has 1 aliphatic rings. The van der Waals surface area contributed by atoms with E-state index in [-0.39, 0.29) is 24.0 Å². The van der Waals surface area contributed by atoms with Gasteiger partial charge in [-0.3, -0.25) is 19.4 Å². The van der Waals surface area contributed by atoms with Gasteiger partial charge in [-0.05, 0) is 42.6 Å². The van der Waals surface area contributed by atoms with Gasteiger partial charge in [0, 0.05) is 12.1 Å². The summed E-state index contributed by atoms with van der Waals surface area (Å²) in [6.07, 6.45) is 2.14. The Morgan fingerprint density at radius 3 is 2.12 bits per heavy atom. The van der Waals surface area contributed by atoms with E-state index in [4.69, 9.17) is 4.99 Å². The van der Waals surface area contributed by atoms with Gasteiger partial charge in [0.25, 0.3) is 0 Å². The summed E-state index contributed by atoms with van der Waals surface area (Å²) in [4.78, 5) is 45.1. The molecule has 1 N–H and O–H groups in total. The zero-order chi connectivity index (χ0) is 24.8. The number of nitrogens with zero attached hydrogens (tertiary/aromatic N) is 1. The second-order valence-electron chi connectivity index (χ2n) is 10.7. The van der Waals surface area contributed by atoms with E-state index in [9.17, 15) is 19.5 Å². The van der Waals surface area contributed by atoms with Crippen molar-refractivity contribution in [3.63, 3.8) is 0 Å². The zero-order valence-corrected chi connectivity index (χ0v) is 21.1. The van der Waals surface area contributed by atoms with E-state index >= 15 is 0 Å². The van der Waals surface area contributed by atoms with Gasteiger partial charge in [0.15, 0.2) is 23.0 Å². The third-order valence-corrected chi connectivity index (χ3v) is 6.43. The van der Waals surface area contributed by atoms with E-state index in [1.54, 1.807) is 0 Å². The number of Topliss-reactive ketones (excluding diaryl/α,β-unsaturated/α-hetero) is 3. The summed E-state index contributed by atoms with van der Waals surface area (Å²) in [5.74, 6) is -2.91. The van der Waals surface area contributed by atoms with Crippen LogP contribution in [0.4, 0.5) is 0 Å². The van der Waals surface area contributed by atoms with Crippen LogP contribution >= 0.6 is 0 Å². The number of hydrogen-bond acceptors (Lipinski definition) is 5. The van der Waals surface area contributed by atoms with Crippen LogP contribution in [0, 0.1) is 29.6 Å². The number of aliphatic imine (C=N–C) groups is 1. The van der Waals surface area contributed by atoms with E-state index in [1.165, 1.54) is 0 Å². The summed E-state index contributed by atoms with van der Waals surface area (Å²) >= 11 is 0. The Kier molecular flexibility index (Phi) is 9.71. The van der Waals surface area contributed by atoms with Crippen molar-refractivity contribution in [2.75, 3.05) is 0 Å². The smallest absolute Gasteiger partial charge is 0.192 e. The van der Waals surface area contributed by atoms with Crippen LogP contribution < -0.4 is 0 Å².